The Balaban J connectivity index is 1.47. The van der Waals surface area contributed by atoms with Crippen molar-refractivity contribution in [3.63, 3.8) is 0 Å². The van der Waals surface area contributed by atoms with E-state index in [9.17, 15) is 9.59 Å². The van der Waals surface area contributed by atoms with E-state index in [0.29, 0.717) is 23.0 Å². The van der Waals surface area contributed by atoms with Gasteiger partial charge in [-0.2, -0.15) is 5.10 Å². The number of aromatic nitrogens is 3. The van der Waals surface area contributed by atoms with Crippen LogP contribution in [0.2, 0.25) is 0 Å². The summed E-state index contributed by atoms with van der Waals surface area (Å²) in [4.78, 5) is 25.4. The number of hydrogen-bond acceptors (Lipinski definition) is 5. The first kappa shape index (κ1) is 19.8. The Labute approximate surface area is 174 Å². The summed E-state index contributed by atoms with van der Waals surface area (Å²) < 4.78 is 13.5. The number of carbonyl (C=O) groups excluding carboxylic acids is 1. The van der Waals surface area contributed by atoms with E-state index in [1.54, 1.807) is 29.9 Å². The first-order valence-corrected chi connectivity index (χ1v) is 9.87. The highest BCUT2D eigenvalue weighted by molar-refractivity contribution is 5.94. The summed E-state index contributed by atoms with van der Waals surface area (Å²) in [5.41, 5.74) is 1.07. The zero-order valence-corrected chi connectivity index (χ0v) is 17.0. The molecular weight excluding hydrogens is 384 g/mol. The highest BCUT2D eigenvalue weighted by atomic mass is 16.5. The predicted molar refractivity (Wildman–Crippen MR) is 112 cm³/mol. The topological polar surface area (TPSA) is 87.4 Å². The van der Waals surface area contributed by atoms with Crippen LogP contribution in [0.5, 0.6) is 11.5 Å². The Morgan fingerprint density at radius 2 is 1.83 bits per heavy atom. The Morgan fingerprint density at radius 1 is 1.10 bits per heavy atom. The van der Waals surface area contributed by atoms with E-state index in [-0.39, 0.29) is 24.7 Å². The lowest BCUT2D eigenvalue weighted by Gasteiger charge is -2.10. The third-order valence-electron chi connectivity index (χ3n) is 5.08. The highest BCUT2D eigenvalue weighted by Gasteiger charge is 2.31. The summed E-state index contributed by atoms with van der Waals surface area (Å²) in [5.74, 6) is 1.89. The molecule has 0 spiro atoms. The van der Waals surface area contributed by atoms with Crippen LogP contribution in [0.15, 0.2) is 53.3 Å². The largest absolute Gasteiger partial charge is 0.493 e. The Bertz CT molecular complexity index is 1100. The van der Waals surface area contributed by atoms with Gasteiger partial charge in [0.05, 0.1) is 26.5 Å². The minimum Gasteiger partial charge on any atom is -0.493 e. The zero-order valence-electron chi connectivity index (χ0n) is 17.0. The van der Waals surface area contributed by atoms with Gasteiger partial charge in [-0.1, -0.05) is 18.2 Å². The van der Waals surface area contributed by atoms with E-state index < -0.39 is 0 Å². The van der Waals surface area contributed by atoms with Gasteiger partial charge in [-0.15, -0.1) is 0 Å². The van der Waals surface area contributed by atoms with Crippen LogP contribution >= 0.6 is 0 Å². The van der Waals surface area contributed by atoms with Gasteiger partial charge in [-0.3, -0.25) is 4.79 Å². The summed E-state index contributed by atoms with van der Waals surface area (Å²) >= 11 is 0. The molecule has 1 fully saturated rings. The van der Waals surface area contributed by atoms with Crippen molar-refractivity contribution < 1.29 is 14.3 Å². The molecule has 0 unspecified atom stereocenters. The van der Waals surface area contributed by atoms with Crippen molar-refractivity contribution in [3.05, 3.63) is 70.4 Å². The molecule has 0 atom stereocenters. The van der Waals surface area contributed by atoms with Crippen LogP contribution in [0.4, 0.5) is 0 Å². The maximum Gasteiger partial charge on any atom is 0.350 e. The van der Waals surface area contributed by atoms with Crippen LogP contribution in [-0.4, -0.2) is 41.0 Å². The van der Waals surface area contributed by atoms with Crippen molar-refractivity contribution in [2.75, 3.05) is 20.8 Å². The minimum absolute atomic E-state index is 0.191. The summed E-state index contributed by atoms with van der Waals surface area (Å²) in [6.45, 7) is 0.570. The van der Waals surface area contributed by atoms with Gasteiger partial charge >= 0.3 is 5.69 Å². The number of ether oxygens (including phenoxy) is 2. The lowest BCUT2D eigenvalue weighted by molar-refractivity contribution is 0.0951. The molecule has 1 saturated carbocycles. The van der Waals surface area contributed by atoms with Gasteiger partial charge in [0.25, 0.3) is 5.91 Å². The summed E-state index contributed by atoms with van der Waals surface area (Å²) in [7, 11) is 3.06. The molecule has 0 saturated heterocycles. The Kier molecular flexibility index (Phi) is 5.56. The molecule has 0 radical (unpaired) electrons. The predicted octanol–water partition coefficient (Wildman–Crippen LogP) is 2.36. The van der Waals surface area contributed by atoms with Crippen LogP contribution < -0.4 is 20.5 Å². The monoisotopic (exact) mass is 408 g/mol. The molecule has 1 N–H and O–H groups in total. The number of hydrogen-bond donors (Lipinski definition) is 1. The molecule has 3 aromatic rings. The van der Waals surface area contributed by atoms with Crippen molar-refractivity contribution in [1.29, 1.82) is 0 Å². The van der Waals surface area contributed by atoms with Crippen LogP contribution in [-0.2, 0) is 6.54 Å². The SMILES string of the molecule is COc1ccc(C(=O)NCCn2nc(C3CC3)n(-c3ccccc3)c2=O)cc1OC. The van der Waals surface area contributed by atoms with Crippen molar-refractivity contribution >= 4 is 5.91 Å². The number of methoxy groups -OCH3 is 2. The van der Waals surface area contributed by atoms with Crippen LogP contribution in [0.25, 0.3) is 5.69 Å². The van der Waals surface area contributed by atoms with E-state index in [2.05, 4.69) is 10.4 Å². The molecule has 1 aliphatic rings. The fourth-order valence-corrected chi connectivity index (χ4v) is 3.35. The first-order valence-electron chi connectivity index (χ1n) is 9.87. The van der Waals surface area contributed by atoms with E-state index >= 15 is 0 Å². The fraction of sp³-hybridized carbons (Fsp3) is 0.318. The summed E-state index contributed by atoms with van der Waals surface area (Å²) in [6, 6.07) is 14.5. The van der Waals surface area contributed by atoms with E-state index in [1.807, 2.05) is 30.3 Å². The molecule has 0 aliphatic heterocycles. The Hall–Kier alpha value is -3.55. The van der Waals surface area contributed by atoms with Crippen molar-refractivity contribution in [2.45, 2.75) is 25.3 Å². The maximum atomic E-state index is 12.9. The number of para-hydroxylation sites is 1. The van der Waals surface area contributed by atoms with E-state index in [1.165, 1.54) is 11.8 Å². The van der Waals surface area contributed by atoms with Crippen molar-refractivity contribution in [3.8, 4) is 17.2 Å². The lowest BCUT2D eigenvalue weighted by Crippen LogP contribution is -2.32. The standard InChI is InChI=1S/C22H24N4O4/c1-29-18-11-10-16(14-19(18)30-2)21(27)23-12-13-25-22(28)26(17-6-4-3-5-7-17)20(24-25)15-8-9-15/h3-7,10-11,14-15H,8-9,12-13H2,1-2H3,(H,23,27). The van der Waals surface area contributed by atoms with E-state index in [4.69, 9.17) is 9.47 Å². The average molecular weight is 408 g/mol. The zero-order chi connectivity index (χ0) is 21.1. The quantitative estimate of drug-likeness (QED) is 0.618. The summed E-state index contributed by atoms with van der Waals surface area (Å²) in [5, 5.41) is 7.38. The third kappa shape index (κ3) is 3.94. The van der Waals surface area contributed by atoms with Gasteiger partial charge < -0.3 is 14.8 Å². The number of rotatable bonds is 8. The second-order valence-electron chi connectivity index (χ2n) is 7.13. The molecule has 2 aromatic carbocycles. The van der Waals surface area contributed by atoms with Crippen molar-refractivity contribution in [1.82, 2.24) is 19.7 Å². The van der Waals surface area contributed by atoms with Crippen LogP contribution in [0, 0.1) is 0 Å². The number of amides is 1. The molecule has 156 valence electrons. The number of nitrogens with zero attached hydrogens (tertiary/aromatic N) is 3. The van der Waals surface area contributed by atoms with Crippen molar-refractivity contribution in [2.24, 2.45) is 0 Å². The van der Waals surface area contributed by atoms with Crippen LogP contribution in [0.1, 0.15) is 34.9 Å². The van der Waals surface area contributed by atoms with E-state index in [0.717, 1.165) is 24.4 Å². The molecule has 8 heteroatoms. The number of carbonyl (C=O) groups is 1. The minimum atomic E-state index is -0.256. The van der Waals surface area contributed by atoms with Gasteiger partial charge in [-0.25, -0.2) is 14.0 Å². The van der Waals surface area contributed by atoms with Crippen LogP contribution in [0.3, 0.4) is 0 Å². The average Bonchev–Trinajstić information content (AvgIpc) is 3.58. The molecule has 1 aromatic heterocycles. The van der Waals surface area contributed by atoms with Gasteiger partial charge in [-0.05, 0) is 43.2 Å². The lowest BCUT2D eigenvalue weighted by atomic mass is 10.2. The molecule has 1 amide bonds. The molecule has 30 heavy (non-hydrogen) atoms. The first-order chi connectivity index (χ1) is 14.6. The third-order valence-corrected chi connectivity index (χ3v) is 5.08. The molecular formula is C22H24N4O4. The molecule has 0 bridgehead atoms. The normalized spacial score (nSPS) is 13.1. The second-order valence-corrected chi connectivity index (χ2v) is 7.13. The van der Waals surface area contributed by atoms with Gasteiger partial charge in [0.15, 0.2) is 11.5 Å². The fourth-order valence-electron chi connectivity index (χ4n) is 3.35. The summed E-state index contributed by atoms with van der Waals surface area (Å²) in [6.07, 6.45) is 2.08. The Morgan fingerprint density at radius 3 is 2.50 bits per heavy atom. The maximum absolute atomic E-state index is 12.9. The second kappa shape index (κ2) is 8.44. The molecule has 1 aliphatic carbocycles. The van der Waals surface area contributed by atoms with Gasteiger partial charge in [0.1, 0.15) is 5.82 Å². The van der Waals surface area contributed by atoms with Gasteiger partial charge in [0.2, 0.25) is 0 Å². The molecule has 1 heterocycles. The molecule has 4 rings (SSSR count). The molecule has 8 nitrogen and oxygen atoms in total. The highest BCUT2D eigenvalue weighted by Crippen LogP contribution is 2.39. The smallest absolute Gasteiger partial charge is 0.350 e. The van der Waals surface area contributed by atoms with Gasteiger partial charge in [0, 0.05) is 18.0 Å². The number of benzene rings is 2. The number of nitrogens with one attached hydrogen (secondary N) is 1.